The second-order valence-electron chi connectivity index (χ2n) is 9.06. The summed E-state index contributed by atoms with van der Waals surface area (Å²) in [4.78, 5) is 0. The topological polar surface area (TPSA) is 8.81 Å². The van der Waals surface area contributed by atoms with Gasteiger partial charge in [0.1, 0.15) is 12.4 Å². The number of hydrogen-bond donors (Lipinski definition) is 0. The lowest BCUT2D eigenvalue weighted by Crippen LogP contribution is -2.39. The van der Waals surface area contributed by atoms with Crippen molar-refractivity contribution in [2.75, 3.05) is 0 Å². The quantitative estimate of drug-likeness (QED) is 0.192. The Kier molecular flexibility index (Phi) is 13.6. The molecule has 158 valence electrons. The summed E-state index contributed by atoms with van der Waals surface area (Å²) in [5.41, 5.74) is 0. The molecule has 1 rings (SSSR count). The maximum atomic E-state index is 2.46. The van der Waals surface area contributed by atoms with Crippen LogP contribution in [0.25, 0.3) is 0 Å². The second-order valence-corrected chi connectivity index (χ2v) is 9.06. The van der Waals surface area contributed by atoms with Crippen LogP contribution in [-0.2, 0) is 6.42 Å². The number of nitrogens with zero attached hydrogens (tertiary/aromatic N) is 2. The first-order chi connectivity index (χ1) is 13.1. The van der Waals surface area contributed by atoms with Gasteiger partial charge in [-0.05, 0) is 34.1 Å². The van der Waals surface area contributed by atoms with Crippen LogP contribution in [0.1, 0.15) is 142 Å². The molecule has 0 unspecified atom stereocenters. The zero-order valence-electron chi connectivity index (χ0n) is 19.3. The summed E-state index contributed by atoms with van der Waals surface area (Å²) in [5.74, 6) is 1.51. The first-order valence-corrected chi connectivity index (χ1v) is 12.2. The number of aromatic nitrogens is 2. The van der Waals surface area contributed by atoms with Gasteiger partial charge in [0.05, 0.1) is 12.1 Å². The van der Waals surface area contributed by atoms with Crippen molar-refractivity contribution < 1.29 is 4.57 Å². The minimum atomic E-state index is 0.562. The molecule has 1 aromatic rings. The molecule has 0 aliphatic carbocycles. The molecule has 1 heterocycles. The highest BCUT2D eigenvalue weighted by atomic mass is 15.2. The maximum Gasteiger partial charge on any atom is 0.256 e. The number of hydrogen-bond acceptors (Lipinski definition) is 0. The molecule has 0 saturated heterocycles. The Balaban J connectivity index is 2.03. The molecule has 2 nitrogen and oxygen atoms in total. The summed E-state index contributed by atoms with van der Waals surface area (Å²) in [5, 5.41) is 0. The summed E-state index contributed by atoms with van der Waals surface area (Å²) in [6.07, 6.45) is 25.8. The molecule has 27 heavy (non-hydrogen) atoms. The van der Waals surface area contributed by atoms with Crippen molar-refractivity contribution in [3.05, 3.63) is 18.2 Å². The molecule has 0 aromatic carbocycles. The molecule has 0 spiro atoms. The van der Waals surface area contributed by atoms with Crippen LogP contribution in [0.4, 0.5) is 0 Å². The second kappa shape index (κ2) is 15.2. The van der Waals surface area contributed by atoms with Gasteiger partial charge in [-0.2, -0.15) is 0 Å². The van der Waals surface area contributed by atoms with E-state index in [9.17, 15) is 0 Å². The minimum absolute atomic E-state index is 0.562. The third-order valence-corrected chi connectivity index (χ3v) is 5.85. The smallest absolute Gasteiger partial charge is 0.232 e. The van der Waals surface area contributed by atoms with Gasteiger partial charge in [-0.15, -0.1) is 0 Å². The summed E-state index contributed by atoms with van der Waals surface area (Å²) in [6.45, 7) is 11.5. The van der Waals surface area contributed by atoms with E-state index in [0.717, 1.165) is 0 Å². The zero-order chi connectivity index (χ0) is 19.9. The van der Waals surface area contributed by atoms with Crippen LogP contribution in [0.5, 0.6) is 0 Å². The Bertz CT molecular complexity index is 433. The molecule has 2 heteroatoms. The van der Waals surface area contributed by atoms with Gasteiger partial charge in [0.15, 0.2) is 0 Å². The van der Waals surface area contributed by atoms with E-state index >= 15 is 0 Å². The average molecular weight is 378 g/mol. The predicted octanol–water partition coefficient (Wildman–Crippen LogP) is 7.96. The SMILES string of the molecule is CCCCCCCCCCCCCCCCc1n(C(C)C)cc[n+]1C(C)C. The summed E-state index contributed by atoms with van der Waals surface area (Å²) in [7, 11) is 0. The van der Waals surface area contributed by atoms with Crippen molar-refractivity contribution >= 4 is 0 Å². The van der Waals surface area contributed by atoms with Crippen molar-refractivity contribution in [2.45, 2.75) is 143 Å². The Labute approximate surface area is 170 Å². The number of rotatable bonds is 17. The van der Waals surface area contributed by atoms with Crippen LogP contribution in [-0.4, -0.2) is 4.57 Å². The fourth-order valence-electron chi connectivity index (χ4n) is 4.13. The van der Waals surface area contributed by atoms with E-state index in [2.05, 4.69) is 56.1 Å². The van der Waals surface area contributed by atoms with E-state index in [4.69, 9.17) is 0 Å². The monoisotopic (exact) mass is 377 g/mol. The Morgan fingerprint density at radius 3 is 1.56 bits per heavy atom. The van der Waals surface area contributed by atoms with Crippen LogP contribution >= 0.6 is 0 Å². The van der Waals surface area contributed by atoms with Crippen molar-refractivity contribution in [3.63, 3.8) is 0 Å². The molecular formula is C25H49N2+. The van der Waals surface area contributed by atoms with Gasteiger partial charge in [-0.25, -0.2) is 9.13 Å². The third-order valence-electron chi connectivity index (χ3n) is 5.85. The van der Waals surface area contributed by atoms with E-state index < -0.39 is 0 Å². The average Bonchev–Trinajstić information content (AvgIpc) is 3.06. The summed E-state index contributed by atoms with van der Waals surface area (Å²) in [6, 6.07) is 1.12. The Morgan fingerprint density at radius 1 is 0.704 bits per heavy atom. The molecule has 0 atom stereocenters. The van der Waals surface area contributed by atoms with Gasteiger partial charge < -0.3 is 0 Å². The standard InChI is InChI=1S/C25H49N2/c1-6-7-8-9-10-11-12-13-14-15-16-17-18-19-20-25-26(23(2)3)21-22-27(25)24(4)5/h21-24H,6-20H2,1-5H3/q+1. The van der Waals surface area contributed by atoms with Gasteiger partial charge >= 0.3 is 0 Å². The minimum Gasteiger partial charge on any atom is -0.232 e. The lowest BCUT2D eigenvalue weighted by molar-refractivity contribution is -0.722. The maximum absolute atomic E-state index is 2.46. The van der Waals surface area contributed by atoms with E-state index in [0.29, 0.717) is 12.1 Å². The van der Waals surface area contributed by atoms with E-state index in [-0.39, 0.29) is 0 Å². The lowest BCUT2D eigenvalue weighted by Gasteiger charge is -2.10. The largest absolute Gasteiger partial charge is 0.256 e. The summed E-state index contributed by atoms with van der Waals surface area (Å²) >= 11 is 0. The number of imidazole rings is 1. The summed E-state index contributed by atoms with van der Waals surface area (Å²) < 4.78 is 4.92. The number of unbranched alkanes of at least 4 members (excludes halogenated alkanes) is 13. The molecule has 0 fully saturated rings. The van der Waals surface area contributed by atoms with Crippen molar-refractivity contribution in [3.8, 4) is 0 Å². The highest BCUT2D eigenvalue weighted by Crippen LogP contribution is 2.15. The Hall–Kier alpha value is -0.790. The van der Waals surface area contributed by atoms with Gasteiger partial charge in [0.25, 0.3) is 5.82 Å². The molecule has 0 amide bonds. The molecule has 0 bridgehead atoms. The molecule has 0 radical (unpaired) electrons. The molecule has 0 N–H and O–H groups in total. The van der Waals surface area contributed by atoms with Gasteiger partial charge in [0, 0.05) is 6.42 Å². The van der Waals surface area contributed by atoms with E-state index in [1.54, 1.807) is 0 Å². The van der Waals surface area contributed by atoms with Crippen LogP contribution in [0.2, 0.25) is 0 Å². The molecule has 0 saturated carbocycles. The lowest BCUT2D eigenvalue weighted by atomic mass is 10.0. The fraction of sp³-hybridized carbons (Fsp3) is 0.880. The molecule has 0 aliphatic heterocycles. The molecular weight excluding hydrogens is 328 g/mol. The molecule has 0 aliphatic rings. The fourth-order valence-corrected chi connectivity index (χ4v) is 4.13. The van der Waals surface area contributed by atoms with Gasteiger partial charge in [-0.1, -0.05) is 90.4 Å². The van der Waals surface area contributed by atoms with E-state index in [1.807, 2.05) is 0 Å². The highest BCUT2D eigenvalue weighted by molar-refractivity contribution is 4.87. The van der Waals surface area contributed by atoms with Crippen molar-refractivity contribution in [1.82, 2.24) is 4.57 Å². The van der Waals surface area contributed by atoms with Crippen LogP contribution in [0.3, 0.4) is 0 Å². The molecule has 1 aromatic heterocycles. The Morgan fingerprint density at radius 2 is 1.15 bits per heavy atom. The zero-order valence-corrected chi connectivity index (χ0v) is 19.3. The van der Waals surface area contributed by atoms with Crippen LogP contribution in [0, 0.1) is 0 Å². The van der Waals surface area contributed by atoms with E-state index in [1.165, 1.54) is 102 Å². The van der Waals surface area contributed by atoms with Crippen molar-refractivity contribution in [2.24, 2.45) is 0 Å². The normalized spacial score (nSPS) is 11.8. The first kappa shape index (κ1) is 24.2. The third kappa shape index (κ3) is 10.4. The van der Waals surface area contributed by atoms with Crippen molar-refractivity contribution in [1.29, 1.82) is 0 Å². The van der Waals surface area contributed by atoms with Crippen LogP contribution < -0.4 is 4.57 Å². The predicted molar refractivity (Wildman–Crippen MR) is 119 cm³/mol. The highest BCUT2D eigenvalue weighted by Gasteiger charge is 2.20. The van der Waals surface area contributed by atoms with Gasteiger partial charge in [0.2, 0.25) is 0 Å². The van der Waals surface area contributed by atoms with Crippen LogP contribution in [0.15, 0.2) is 12.4 Å². The first-order valence-electron chi connectivity index (χ1n) is 12.2. The van der Waals surface area contributed by atoms with Gasteiger partial charge in [-0.3, -0.25) is 0 Å².